The van der Waals surface area contributed by atoms with E-state index in [1.807, 2.05) is 23.0 Å². The van der Waals surface area contributed by atoms with E-state index in [1.54, 1.807) is 6.07 Å². The molecule has 2 heterocycles. The predicted molar refractivity (Wildman–Crippen MR) is 116 cm³/mol. The Labute approximate surface area is 177 Å². The van der Waals surface area contributed by atoms with E-state index in [2.05, 4.69) is 52.3 Å². The highest BCUT2D eigenvalue weighted by molar-refractivity contribution is 5.34. The molecule has 2 aromatic carbocycles. The van der Waals surface area contributed by atoms with E-state index in [4.69, 9.17) is 0 Å². The van der Waals surface area contributed by atoms with E-state index in [9.17, 15) is 9.50 Å². The minimum atomic E-state index is -0.161. The van der Waals surface area contributed by atoms with Crippen LogP contribution in [0.5, 0.6) is 0 Å². The Morgan fingerprint density at radius 2 is 1.87 bits per heavy atom. The number of aryl methyl sites for hydroxylation is 1. The molecule has 1 unspecified atom stereocenters. The number of aromatic nitrogens is 2. The molecular formula is C24H29FN4O. The van der Waals surface area contributed by atoms with Crippen molar-refractivity contribution in [2.75, 3.05) is 26.2 Å². The van der Waals surface area contributed by atoms with Crippen LogP contribution in [0, 0.1) is 12.7 Å². The molecule has 3 aromatic rings. The molecular weight excluding hydrogens is 379 g/mol. The first-order valence-electron chi connectivity index (χ1n) is 10.5. The molecule has 1 fully saturated rings. The zero-order valence-corrected chi connectivity index (χ0v) is 17.4. The summed E-state index contributed by atoms with van der Waals surface area (Å²) < 4.78 is 16.0. The summed E-state index contributed by atoms with van der Waals surface area (Å²) in [6, 6.07) is 15.5. The van der Waals surface area contributed by atoms with Crippen molar-refractivity contribution in [3.05, 3.63) is 83.4 Å². The van der Waals surface area contributed by atoms with Gasteiger partial charge in [0.15, 0.2) is 0 Å². The predicted octanol–water partition coefficient (Wildman–Crippen LogP) is 3.39. The van der Waals surface area contributed by atoms with Gasteiger partial charge >= 0.3 is 0 Å². The second-order valence-electron chi connectivity index (χ2n) is 8.09. The normalized spacial score (nSPS) is 18.0. The number of aliphatic hydroxyl groups is 1. The highest BCUT2D eigenvalue weighted by Crippen LogP contribution is 2.20. The summed E-state index contributed by atoms with van der Waals surface area (Å²) in [6.45, 7) is 6.23. The number of piperazine rings is 1. The van der Waals surface area contributed by atoms with Gasteiger partial charge in [-0.1, -0.05) is 35.9 Å². The maximum atomic E-state index is 14.1. The van der Waals surface area contributed by atoms with Crippen LogP contribution in [0.3, 0.4) is 0 Å². The third kappa shape index (κ3) is 4.95. The molecule has 1 N–H and O–H groups in total. The summed E-state index contributed by atoms with van der Waals surface area (Å²) in [4.78, 5) is 4.69. The number of aliphatic hydroxyl groups excluding tert-OH is 1. The molecule has 30 heavy (non-hydrogen) atoms. The average Bonchev–Trinajstić information content (AvgIpc) is 3.20. The van der Waals surface area contributed by atoms with E-state index >= 15 is 0 Å². The first kappa shape index (κ1) is 20.7. The highest BCUT2D eigenvalue weighted by Gasteiger charge is 2.27. The van der Waals surface area contributed by atoms with E-state index in [1.165, 1.54) is 17.2 Å². The standard InChI is InChI=1S/C24H29FN4O/c1-19-6-8-22(9-7-19)29-16-20(14-26-29)15-27-11-12-28(23(18-27)10-13-30)17-21-4-2-3-5-24(21)25/h2-9,14,16,23,30H,10-13,15,17-18H2,1H3. The van der Waals surface area contributed by atoms with Crippen molar-refractivity contribution in [2.45, 2.75) is 32.5 Å². The Morgan fingerprint density at radius 1 is 1.07 bits per heavy atom. The van der Waals surface area contributed by atoms with E-state index in [0.29, 0.717) is 18.5 Å². The Hall–Kier alpha value is -2.54. The van der Waals surface area contributed by atoms with Gasteiger partial charge in [-0.05, 0) is 31.5 Å². The minimum Gasteiger partial charge on any atom is -0.396 e. The summed E-state index contributed by atoms with van der Waals surface area (Å²) in [5, 5.41) is 14.1. The van der Waals surface area contributed by atoms with Crippen molar-refractivity contribution >= 4 is 0 Å². The van der Waals surface area contributed by atoms with Crippen molar-refractivity contribution in [3.8, 4) is 5.69 Å². The lowest BCUT2D eigenvalue weighted by molar-refractivity contribution is 0.0493. The van der Waals surface area contributed by atoms with Crippen molar-refractivity contribution in [3.63, 3.8) is 0 Å². The molecule has 1 saturated heterocycles. The Kier molecular flexibility index (Phi) is 6.57. The van der Waals surface area contributed by atoms with Gasteiger partial charge in [0, 0.05) is 62.7 Å². The fraction of sp³-hybridized carbons (Fsp3) is 0.375. The third-order valence-electron chi connectivity index (χ3n) is 5.82. The Morgan fingerprint density at radius 3 is 2.63 bits per heavy atom. The molecule has 0 bridgehead atoms. The average molecular weight is 409 g/mol. The van der Waals surface area contributed by atoms with Crippen LogP contribution in [0.4, 0.5) is 4.39 Å². The van der Waals surface area contributed by atoms with Crippen LogP contribution >= 0.6 is 0 Å². The van der Waals surface area contributed by atoms with Gasteiger partial charge in [-0.2, -0.15) is 5.10 Å². The molecule has 0 saturated carbocycles. The van der Waals surface area contributed by atoms with Crippen LogP contribution in [0.25, 0.3) is 5.69 Å². The van der Waals surface area contributed by atoms with Crippen LogP contribution < -0.4 is 0 Å². The molecule has 0 spiro atoms. The third-order valence-corrected chi connectivity index (χ3v) is 5.82. The lowest BCUT2D eigenvalue weighted by Gasteiger charge is -2.41. The molecule has 5 nitrogen and oxygen atoms in total. The van der Waals surface area contributed by atoms with Gasteiger partial charge < -0.3 is 5.11 Å². The number of hydrogen-bond acceptors (Lipinski definition) is 4. The molecule has 158 valence electrons. The molecule has 1 aromatic heterocycles. The maximum absolute atomic E-state index is 14.1. The lowest BCUT2D eigenvalue weighted by Crippen LogP contribution is -2.52. The minimum absolute atomic E-state index is 0.137. The molecule has 1 aliphatic rings. The second-order valence-corrected chi connectivity index (χ2v) is 8.09. The summed E-state index contributed by atoms with van der Waals surface area (Å²) in [5.74, 6) is -0.161. The fourth-order valence-corrected chi connectivity index (χ4v) is 4.12. The molecule has 4 rings (SSSR count). The molecule has 0 amide bonds. The van der Waals surface area contributed by atoms with Crippen LogP contribution in [-0.2, 0) is 13.1 Å². The first-order valence-corrected chi connectivity index (χ1v) is 10.5. The van der Waals surface area contributed by atoms with Crippen molar-refractivity contribution in [1.82, 2.24) is 19.6 Å². The van der Waals surface area contributed by atoms with Crippen molar-refractivity contribution in [1.29, 1.82) is 0 Å². The van der Waals surface area contributed by atoms with Crippen molar-refractivity contribution in [2.24, 2.45) is 0 Å². The number of rotatable bonds is 7. The van der Waals surface area contributed by atoms with Crippen LogP contribution in [0.1, 0.15) is 23.1 Å². The summed E-state index contributed by atoms with van der Waals surface area (Å²) in [6.07, 6.45) is 4.69. The number of hydrogen-bond donors (Lipinski definition) is 1. The van der Waals surface area contributed by atoms with E-state index in [0.717, 1.165) is 31.9 Å². The smallest absolute Gasteiger partial charge is 0.127 e. The SMILES string of the molecule is Cc1ccc(-n2cc(CN3CCN(Cc4ccccc4F)C(CCO)C3)cn2)cc1. The van der Waals surface area contributed by atoms with E-state index in [-0.39, 0.29) is 18.5 Å². The summed E-state index contributed by atoms with van der Waals surface area (Å²) in [5.41, 5.74) is 4.17. The second kappa shape index (κ2) is 9.51. The van der Waals surface area contributed by atoms with E-state index < -0.39 is 0 Å². The maximum Gasteiger partial charge on any atom is 0.127 e. The van der Waals surface area contributed by atoms with Gasteiger partial charge in [0.1, 0.15) is 5.82 Å². The van der Waals surface area contributed by atoms with Gasteiger partial charge in [-0.3, -0.25) is 9.80 Å². The fourth-order valence-electron chi connectivity index (χ4n) is 4.12. The number of nitrogens with zero attached hydrogens (tertiary/aromatic N) is 4. The van der Waals surface area contributed by atoms with Gasteiger partial charge in [0.05, 0.1) is 11.9 Å². The first-order chi connectivity index (χ1) is 14.6. The number of halogens is 1. The molecule has 0 aliphatic carbocycles. The zero-order chi connectivity index (χ0) is 20.9. The largest absolute Gasteiger partial charge is 0.396 e. The van der Waals surface area contributed by atoms with Gasteiger partial charge in [-0.15, -0.1) is 0 Å². The van der Waals surface area contributed by atoms with Gasteiger partial charge in [-0.25, -0.2) is 9.07 Å². The molecule has 1 atom stereocenters. The Bertz CT molecular complexity index is 956. The quantitative estimate of drug-likeness (QED) is 0.651. The zero-order valence-electron chi connectivity index (χ0n) is 17.4. The molecule has 0 radical (unpaired) electrons. The van der Waals surface area contributed by atoms with Crippen LogP contribution in [0.15, 0.2) is 60.9 Å². The molecule has 6 heteroatoms. The van der Waals surface area contributed by atoms with Crippen LogP contribution in [-0.4, -0.2) is 57.0 Å². The van der Waals surface area contributed by atoms with Crippen molar-refractivity contribution < 1.29 is 9.50 Å². The molecule has 1 aliphatic heterocycles. The monoisotopic (exact) mass is 408 g/mol. The van der Waals surface area contributed by atoms with Gasteiger partial charge in [0.2, 0.25) is 0 Å². The van der Waals surface area contributed by atoms with Crippen LogP contribution in [0.2, 0.25) is 0 Å². The lowest BCUT2D eigenvalue weighted by atomic mass is 10.1. The topological polar surface area (TPSA) is 44.5 Å². The Balaban J connectivity index is 1.39. The highest BCUT2D eigenvalue weighted by atomic mass is 19.1. The summed E-state index contributed by atoms with van der Waals surface area (Å²) >= 11 is 0. The summed E-state index contributed by atoms with van der Waals surface area (Å²) in [7, 11) is 0. The number of benzene rings is 2. The van der Waals surface area contributed by atoms with Gasteiger partial charge in [0.25, 0.3) is 0 Å².